The Morgan fingerprint density at radius 1 is 1.39 bits per heavy atom. The zero-order valence-corrected chi connectivity index (χ0v) is 12.0. The van der Waals surface area contributed by atoms with E-state index >= 15 is 0 Å². The van der Waals surface area contributed by atoms with Gasteiger partial charge in [-0.3, -0.25) is 9.59 Å². The van der Waals surface area contributed by atoms with Crippen LogP contribution < -0.4 is 5.32 Å². The van der Waals surface area contributed by atoms with E-state index in [1.807, 2.05) is 25.7 Å². The van der Waals surface area contributed by atoms with E-state index in [0.717, 1.165) is 6.42 Å². The second kappa shape index (κ2) is 4.25. The van der Waals surface area contributed by atoms with E-state index in [9.17, 15) is 9.59 Å². The summed E-state index contributed by atoms with van der Waals surface area (Å²) >= 11 is 0. The largest absolute Gasteiger partial charge is 0.343 e. The van der Waals surface area contributed by atoms with Crippen molar-refractivity contribution >= 4 is 11.8 Å². The maximum Gasteiger partial charge on any atom is 0.246 e. The summed E-state index contributed by atoms with van der Waals surface area (Å²) in [6.45, 7) is 10.3. The average molecular weight is 252 g/mol. The second-order valence-corrected chi connectivity index (χ2v) is 6.61. The van der Waals surface area contributed by atoms with Crippen molar-refractivity contribution in [1.29, 1.82) is 0 Å². The molecule has 3 atom stereocenters. The van der Waals surface area contributed by atoms with Gasteiger partial charge < -0.3 is 10.2 Å². The van der Waals surface area contributed by atoms with E-state index in [-0.39, 0.29) is 41.3 Å². The molecule has 4 nitrogen and oxygen atoms in total. The Morgan fingerprint density at radius 2 is 1.94 bits per heavy atom. The summed E-state index contributed by atoms with van der Waals surface area (Å²) in [7, 11) is 0. The normalized spacial score (nSPS) is 34.8. The van der Waals surface area contributed by atoms with E-state index in [1.165, 1.54) is 0 Å². The molecule has 4 heteroatoms. The number of nitrogens with zero attached hydrogens (tertiary/aromatic N) is 1. The Balaban J connectivity index is 2.29. The molecule has 0 spiro atoms. The van der Waals surface area contributed by atoms with Crippen molar-refractivity contribution in [2.45, 2.75) is 65.6 Å². The summed E-state index contributed by atoms with van der Waals surface area (Å²) in [4.78, 5) is 26.6. The SMILES string of the molecule is CCC1NC(=O)C(C(C)C)N(C2CC2(C)C)C1=O. The third-order valence-corrected chi connectivity index (χ3v) is 4.27. The van der Waals surface area contributed by atoms with Crippen LogP contribution in [-0.4, -0.2) is 34.8 Å². The lowest BCUT2D eigenvalue weighted by molar-refractivity contribution is -0.152. The molecule has 2 rings (SSSR count). The van der Waals surface area contributed by atoms with Gasteiger partial charge in [-0.05, 0) is 24.2 Å². The van der Waals surface area contributed by atoms with Crippen LogP contribution in [0.5, 0.6) is 0 Å². The van der Waals surface area contributed by atoms with E-state index < -0.39 is 0 Å². The van der Waals surface area contributed by atoms with Crippen LogP contribution in [0.15, 0.2) is 0 Å². The highest BCUT2D eigenvalue weighted by Gasteiger charge is 2.56. The summed E-state index contributed by atoms with van der Waals surface area (Å²) in [5, 5.41) is 2.86. The first kappa shape index (κ1) is 13.4. The van der Waals surface area contributed by atoms with Crippen LogP contribution in [0.1, 0.15) is 47.5 Å². The molecule has 0 aromatic heterocycles. The molecule has 1 aliphatic carbocycles. The molecule has 102 valence electrons. The second-order valence-electron chi connectivity index (χ2n) is 6.61. The molecule has 0 bridgehead atoms. The fourth-order valence-corrected chi connectivity index (χ4v) is 2.92. The van der Waals surface area contributed by atoms with Gasteiger partial charge in [-0.25, -0.2) is 0 Å². The molecule has 2 fully saturated rings. The fraction of sp³-hybridized carbons (Fsp3) is 0.857. The highest BCUT2D eigenvalue weighted by molar-refractivity contribution is 5.97. The molecule has 0 radical (unpaired) electrons. The smallest absolute Gasteiger partial charge is 0.246 e. The van der Waals surface area contributed by atoms with Crippen LogP contribution in [0, 0.1) is 11.3 Å². The van der Waals surface area contributed by atoms with Gasteiger partial charge in [0.2, 0.25) is 11.8 Å². The molecule has 3 unspecified atom stereocenters. The fourth-order valence-electron chi connectivity index (χ4n) is 2.92. The van der Waals surface area contributed by atoms with Gasteiger partial charge in [-0.1, -0.05) is 34.6 Å². The Kier molecular flexibility index (Phi) is 3.16. The van der Waals surface area contributed by atoms with Gasteiger partial charge in [0.05, 0.1) is 0 Å². The van der Waals surface area contributed by atoms with Gasteiger partial charge >= 0.3 is 0 Å². The predicted molar refractivity (Wildman–Crippen MR) is 69.9 cm³/mol. The highest BCUT2D eigenvalue weighted by atomic mass is 16.2. The Hall–Kier alpha value is -1.06. The predicted octanol–water partition coefficient (Wildman–Crippen LogP) is 1.55. The summed E-state index contributed by atoms with van der Waals surface area (Å²) in [6, 6.07) is -0.395. The molecular weight excluding hydrogens is 228 g/mol. The molecular formula is C14H24N2O2. The zero-order valence-electron chi connectivity index (χ0n) is 12.0. The first-order valence-corrected chi connectivity index (χ1v) is 6.92. The summed E-state index contributed by atoms with van der Waals surface area (Å²) in [5.41, 5.74) is 0.165. The van der Waals surface area contributed by atoms with Crippen molar-refractivity contribution in [3.63, 3.8) is 0 Å². The third kappa shape index (κ3) is 2.02. The molecule has 1 saturated heterocycles. The lowest BCUT2D eigenvalue weighted by Gasteiger charge is -2.41. The van der Waals surface area contributed by atoms with Gasteiger partial charge in [0.25, 0.3) is 0 Å². The van der Waals surface area contributed by atoms with Crippen molar-refractivity contribution in [2.75, 3.05) is 0 Å². The Bertz CT molecular complexity index is 376. The van der Waals surface area contributed by atoms with Gasteiger partial charge in [-0.15, -0.1) is 0 Å². The lowest BCUT2D eigenvalue weighted by atomic mass is 9.95. The average Bonchev–Trinajstić information content (AvgIpc) is 2.88. The monoisotopic (exact) mass is 252 g/mol. The van der Waals surface area contributed by atoms with Crippen LogP contribution in [0.2, 0.25) is 0 Å². The van der Waals surface area contributed by atoms with Crippen molar-refractivity contribution in [1.82, 2.24) is 10.2 Å². The quantitative estimate of drug-likeness (QED) is 0.828. The number of carbonyl (C=O) groups excluding carboxylic acids is 2. The molecule has 0 aromatic carbocycles. The Morgan fingerprint density at radius 3 is 2.33 bits per heavy atom. The summed E-state index contributed by atoms with van der Waals surface area (Å²) in [6.07, 6.45) is 1.67. The topological polar surface area (TPSA) is 49.4 Å². The zero-order chi connectivity index (χ0) is 13.7. The number of rotatable bonds is 3. The minimum atomic E-state index is -0.330. The molecule has 1 saturated carbocycles. The van der Waals surface area contributed by atoms with Crippen molar-refractivity contribution in [3.8, 4) is 0 Å². The number of carbonyl (C=O) groups is 2. The van der Waals surface area contributed by atoms with Crippen molar-refractivity contribution in [3.05, 3.63) is 0 Å². The minimum Gasteiger partial charge on any atom is -0.343 e. The van der Waals surface area contributed by atoms with E-state index in [0.29, 0.717) is 6.42 Å². The van der Waals surface area contributed by atoms with Gasteiger partial charge in [0.1, 0.15) is 12.1 Å². The van der Waals surface area contributed by atoms with Crippen LogP contribution in [-0.2, 0) is 9.59 Å². The van der Waals surface area contributed by atoms with Gasteiger partial charge in [-0.2, -0.15) is 0 Å². The summed E-state index contributed by atoms with van der Waals surface area (Å²) in [5.74, 6) is 0.272. The highest BCUT2D eigenvalue weighted by Crippen LogP contribution is 2.50. The molecule has 2 aliphatic rings. The maximum absolute atomic E-state index is 12.5. The number of hydrogen-bond donors (Lipinski definition) is 1. The number of nitrogens with one attached hydrogen (secondary N) is 1. The Labute approximate surface area is 109 Å². The number of piperazine rings is 1. The number of hydrogen-bond acceptors (Lipinski definition) is 2. The van der Waals surface area contributed by atoms with Gasteiger partial charge in [0.15, 0.2) is 0 Å². The first-order chi connectivity index (χ1) is 8.29. The molecule has 1 heterocycles. The maximum atomic E-state index is 12.5. The standard InChI is InChI=1S/C14H24N2O2/c1-6-9-13(18)16(10-7-14(10,4)5)11(8(2)3)12(17)15-9/h8-11H,6-7H2,1-5H3,(H,15,17). The van der Waals surface area contributed by atoms with Crippen LogP contribution in [0.4, 0.5) is 0 Å². The van der Waals surface area contributed by atoms with Crippen molar-refractivity contribution in [2.24, 2.45) is 11.3 Å². The third-order valence-electron chi connectivity index (χ3n) is 4.27. The minimum absolute atomic E-state index is 0.0131. The first-order valence-electron chi connectivity index (χ1n) is 6.92. The van der Waals surface area contributed by atoms with Crippen molar-refractivity contribution < 1.29 is 9.59 Å². The van der Waals surface area contributed by atoms with E-state index in [2.05, 4.69) is 19.2 Å². The van der Waals surface area contributed by atoms with Crippen LogP contribution in [0.3, 0.4) is 0 Å². The van der Waals surface area contributed by atoms with Crippen LogP contribution >= 0.6 is 0 Å². The molecule has 1 aliphatic heterocycles. The lowest BCUT2D eigenvalue weighted by Crippen LogP contribution is -2.65. The van der Waals surface area contributed by atoms with E-state index in [4.69, 9.17) is 0 Å². The van der Waals surface area contributed by atoms with Gasteiger partial charge in [0, 0.05) is 6.04 Å². The van der Waals surface area contributed by atoms with Crippen LogP contribution in [0.25, 0.3) is 0 Å². The molecule has 18 heavy (non-hydrogen) atoms. The number of amides is 2. The molecule has 1 N–H and O–H groups in total. The molecule has 0 aromatic rings. The molecule has 2 amide bonds. The summed E-state index contributed by atoms with van der Waals surface area (Å²) < 4.78 is 0. The van der Waals surface area contributed by atoms with E-state index in [1.54, 1.807) is 0 Å².